The largest absolute Gasteiger partial charge is 0.508 e. The second-order valence-electron chi connectivity index (χ2n) is 8.13. The maximum atomic E-state index is 10.3. The third-order valence-electron chi connectivity index (χ3n) is 5.70. The van der Waals surface area contributed by atoms with Crippen LogP contribution in [0.4, 0.5) is 0 Å². The van der Waals surface area contributed by atoms with Gasteiger partial charge in [0.1, 0.15) is 11.3 Å². The molecule has 0 radical (unpaired) electrons. The number of aryl methyl sites for hydroxylation is 1. The highest BCUT2D eigenvalue weighted by molar-refractivity contribution is 5.73. The monoisotopic (exact) mass is 393 g/mol. The molecule has 0 aliphatic rings. The Bertz CT molecular complexity index is 871. The number of nitrogens with zero attached hydrogens (tertiary/aromatic N) is 3. The van der Waals surface area contributed by atoms with E-state index in [0.29, 0.717) is 12.3 Å². The highest BCUT2D eigenvalue weighted by Crippen LogP contribution is 2.22. The third kappa shape index (κ3) is 6.59. The summed E-state index contributed by atoms with van der Waals surface area (Å²) in [4.78, 5) is 0. The molecule has 1 heterocycles. The fourth-order valence-electron chi connectivity index (χ4n) is 3.93. The van der Waals surface area contributed by atoms with Crippen LogP contribution in [0.2, 0.25) is 0 Å². The Morgan fingerprint density at radius 3 is 2.28 bits per heavy atom. The molecule has 156 valence electrons. The highest BCUT2D eigenvalue weighted by Gasteiger charge is 2.08. The maximum absolute atomic E-state index is 10.3. The summed E-state index contributed by atoms with van der Waals surface area (Å²) < 4.78 is 1.86. The lowest BCUT2D eigenvalue weighted by Crippen LogP contribution is -2.03. The molecule has 0 saturated carbocycles. The van der Waals surface area contributed by atoms with E-state index in [-0.39, 0.29) is 0 Å². The molecule has 0 bridgehead atoms. The number of rotatable bonds is 13. The van der Waals surface area contributed by atoms with Crippen molar-refractivity contribution in [2.24, 2.45) is 0 Å². The molecular formula is C25H35N3O. The zero-order valence-corrected chi connectivity index (χ0v) is 17.8. The Balaban J connectivity index is 1.42. The van der Waals surface area contributed by atoms with Crippen molar-refractivity contribution >= 4 is 11.0 Å². The van der Waals surface area contributed by atoms with Gasteiger partial charge in [0.2, 0.25) is 0 Å². The van der Waals surface area contributed by atoms with Gasteiger partial charge < -0.3 is 5.11 Å². The van der Waals surface area contributed by atoms with Crippen molar-refractivity contribution in [3.63, 3.8) is 0 Å². The smallest absolute Gasteiger partial charge is 0.120 e. The second kappa shape index (κ2) is 11.6. The lowest BCUT2D eigenvalue weighted by atomic mass is 10.0. The van der Waals surface area contributed by atoms with Gasteiger partial charge in [0.15, 0.2) is 0 Å². The van der Waals surface area contributed by atoms with Gasteiger partial charge in [-0.15, -0.1) is 5.10 Å². The van der Waals surface area contributed by atoms with Crippen LogP contribution in [0.25, 0.3) is 11.0 Å². The standard InChI is InChI=1S/C25H35N3O/c1-2-3-4-5-6-7-8-9-10-11-14-21-17-18-25(29)22(19-21)20-28-24-16-13-12-15-23(24)26-27-28/h12-13,15-19,29H,2-11,14,20H2,1H3. The molecule has 0 spiro atoms. The molecule has 0 aliphatic carbocycles. The minimum Gasteiger partial charge on any atom is -0.508 e. The third-order valence-corrected chi connectivity index (χ3v) is 5.70. The van der Waals surface area contributed by atoms with Gasteiger partial charge in [-0.05, 0) is 36.6 Å². The van der Waals surface area contributed by atoms with Crippen molar-refractivity contribution in [3.05, 3.63) is 53.6 Å². The van der Waals surface area contributed by atoms with Crippen molar-refractivity contribution in [3.8, 4) is 5.75 Å². The molecule has 0 fully saturated rings. The molecule has 3 rings (SSSR count). The van der Waals surface area contributed by atoms with Crippen molar-refractivity contribution in [1.29, 1.82) is 0 Å². The van der Waals surface area contributed by atoms with Crippen LogP contribution in [0.15, 0.2) is 42.5 Å². The van der Waals surface area contributed by atoms with Crippen molar-refractivity contribution in [2.45, 2.75) is 84.1 Å². The van der Waals surface area contributed by atoms with Crippen LogP contribution in [0.1, 0.15) is 82.3 Å². The zero-order chi connectivity index (χ0) is 20.3. The zero-order valence-electron chi connectivity index (χ0n) is 17.8. The van der Waals surface area contributed by atoms with E-state index in [1.54, 1.807) is 0 Å². The molecule has 0 atom stereocenters. The van der Waals surface area contributed by atoms with Crippen LogP contribution in [0, 0.1) is 0 Å². The number of fused-ring (bicyclic) bond motifs is 1. The molecule has 0 aliphatic heterocycles. The maximum Gasteiger partial charge on any atom is 0.120 e. The number of phenolic OH excluding ortho intramolecular Hbond substituents is 1. The number of hydrogen-bond acceptors (Lipinski definition) is 3. The second-order valence-corrected chi connectivity index (χ2v) is 8.13. The molecule has 2 aromatic carbocycles. The van der Waals surface area contributed by atoms with Crippen LogP contribution >= 0.6 is 0 Å². The van der Waals surface area contributed by atoms with E-state index in [1.807, 2.05) is 41.1 Å². The van der Waals surface area contributed by atoms with E-state index in [1.165, 1.54) is 69.8 Å². The number of para-hydroxylation sites is 1. The van der Waals surface area contributed by atoms with Crippen LogP contribution in [-0.4, -0.2) is 20.1 Å². The minimum atomic E-state index is 0.330. The quantitative estimate of drug-likeness (QED) is 0.331. The first-order valence-corrected chi connectivity index (χ1v) is 11.4. The Hall–Kier alpha value is -2.36. The predicted molar refractivity (Wildman–Crippen MR) is 120 cm³/mol. The molecule has 1 N–H and O–H groups in total. The van der Waals surface area contributed by atoms with E-state index in [4.69, 9.17) is 0 Å². The number of hydrogen-bond donors (Lipinski definition) is 1. The summed E-state index contributed by atoms with van der Waals surface area (Å²) >= 11 is 0. The Morgan fingerprint density at radius 1 is 0.828 bits per heavy atom. The number of aromatic hydroxyl groups is 1. The van der Waals surface area contributed by atoms with Gasteiger partial charge in [-0.2, -0.15) is 0 Å². The van der Waals surface area contributed by atoms with Crippen LogP contribution in [0.3, 0.4) is 0 Å². The summed E-state index contributed by atoms with van der Waals surface area (Å²) in [6.45, 7) is 2.81. The number of phenols is 1. The summed E-state index contributed by atoms with van der Waals surface area (Å²) in [6, 6.07) is 13.9. The lowest BCUT2D eigenvalue weighted by molar-refractivity contribution is 0.463. The van der Waals surface area contributed by atoms with Crippen molar-refractivity contribution < 1.29 is 5.11 Å². The summed E-state index contributed by atoms with van der Waals surface area (Å²) in [6.07, 6.45) is 14.6. The summed E-state index contributed by atoms with van der Waals surface area (Å²) in [5.74, 6) is 0.330. The SMILES string of the molecule is CCCCCCCCCCCCc1ccc(O)c(Cn2nnc3ccccc32)c1. The first-order valence-electron chi connectivity index (χ1n) is 11.4. The topological polar surface area (TPSA) is 50.9 Å². The minimum absolute atomic E-state index is 0.330. The Kier molecular flexibility index (Phi) is 8.54. The number of aromatic nitrogens is 3. The van der Waals surface area contributed by atoms with Gasteiger partial charge >= 0.3 is 0 Å². The van der Waals surface area contributed by atoms with Gasteiger partial charge in [0.25, 0.3) is 0 Å². The number of unbranched alkanes of at least 4 members (excludes halogenated alkanes) is 9. The fraction of sp³-hybridized carbons (Fsp3) is 0.520. The Morgan fingerprint density at radius 2 is 1.52 bits per heavy atom. The summed E-state index contributed by atoms with van der Waals surface area (Å²) in [7, 11) is 0. The van der Waals surface area contributed by atoms with Gasteiger partial charge in [-0.1, -0.05) is 94.2 Å². The van der Waals surface area contributed by atoms with Gasteiger partial charge in [-0.25, -0.2) is 4.68 Å². The van der Waals surface area contributed by atoms with E-state index < -0.39 is 0 Å². The molecular weight excluding hydrogens is 358 g/mol. The van der Waals surface area contributed by atoms with Gasteiger partial charge in [0.05, 0.1) is 12.1 Å². The van der Waals surface area contributed by atoms with Crippen molar-refractivity contribution in [2.75, 3.05) is 0 Å². The average molecular weight is 394 g/mol. The predicted octanol–water partition coefficient (Wildman–Crippen LogP) is 6.65. The normalized spacial score (nSPS) is 11.3. The fourth-order valence-corrected chi connectivity index (χ4v) is 3.93. The van der Waals surface area contributed by atoms with Gasteiger partial charge in [-0.3, -0.25) is 0 Å². The van der Waals surface area contributed by atoms with E-state index in [0.717, 1.165) is 23.0 Å². The molecule has 0 saturated heterocycles. The average Bonchev–Trinajstić information content (AvgIpc) is 3.14. The highest BCUT2D eigenvalue weighted by atomic mass is 16.3. The lowest BCUT2D eigenvalue weighted by Gasteiger charge is -2.09. The first kappa shape index (κ1) is 21.4. The number of benzene rings is 2. The first-order chi connectivity index (χ1) is 14.3. The summed E-state index contributed by atoms with van der Waals surface area (Å²) in [5, 5.41) is 18.7. The molecule has 29 heavy (non-hydrogen) atoms. The molecule has 0 unspecified atom stereocenters. The molecule has 3 aromatic rings. The molecule has 4 heteroatoms. The van der Waals surface area contributed by atoms with Crippen LogP contribution in [-0.2, 0) is 13.0 Å². The molecule has 0 amide bonds. The van der Waals surface area contributed by atoms with E-state index >= 15 is 0 Å². The van der Waals surface area contributed by atoms with Gasteiger partial charge in [0, 0.05) is 5.56 Å². The van der Waals surface area contributed by atoms with E-state index in [9.17, 15) is 5.11 Å². The van der Waals surface area contributed by atoms with Crippen LogP contribution < -0.4 is 0 Å². The Labute approximate surface area is 175 Å². The molecule has 1 aromatic heterocycles. The van der Waals surface area contributed by atoms with E-state index in [2.05, 4.69) is 23.3 Å². The molecule has 4 nitrogen and oxygen atoms in total. The van der Waals surface area contributed by atoms with Crippen molar-refractivity contribution in [1.82, 2.24) is 15.0 Å². The summed E-state index contributed by atoms with van der Waals surface area (Å²) in [5.41, 5.74) is 4.08. The van der Waals surface area contributed by atoms with Crippen LogP contribution in [0.5, 0.6) is 5.75 Å².